The molecule has 1 heteroatoms. The Morgan fingerprint density at radius 1 is 1.05 bits per heavy atom. The van der Waals surface area contributed by atoms with Crippen molar-refractivity contribution in [1.82, 2.24) is 5.32 Å². The Hall–Kier alpha value is -1.34. The third kappa shape index (κ3) is 2.14. The number of nitrogens with one attached hydrogen (secondary N) is 1. The highest BCUT2D eigenvalue weighted by Crippen LogP contribution is 2.50. The molecular formula is C19H25N. The Balaban J connectivity index is 2.12. The summed E-state index contributed by atoms with van der Waals surface area (Å²) in [5.74, 6) is 0. The Morgan fingerprint density at radius 2 is 1.75 bits per heavy atom. The summed E-state index contributed by atoms with van der Waals surface area (Å²) in [6, 6.07) is 16.0. The monoisotopic (exact) mass is 267 g/mol. The van der Waals surface area contributed by atoms with E-state index in [2.05, 4.69) is 61.8 Å². The minimum absolute atomic E-state index is 0.443. The van der Waals surface area contributed by atoms with Crippen molar-refractivity contribution in [2.75, 3.05) is 7.05 Å². The highest BCUT2D eigenvalue weighted by molar-refractivity contribution is 5.86. The molecule has 0 bridgehead atoms. The number of benzene rings is 2. The average molecular weight is 267 g/mol. The van der Waals surface area contributed by atoms with Crippen molar-refractivity contribution in [2.45, 2.75) is 45.1 Å². The molecule has 0 heterocycles. The standard InChI is InChI=1S/C19H25N/c1-3-19(13-6-7-14-19)18(20-2)17-12-8-10-15-9-4-5-11-16(15)17/h4-5,8-12,18,20H,3,6-7,13-14H2,1-2H3. The molecule has 1 atom stereocenters. The van der Waals surface area contributed by atoms with Crippen LogP contribution in [-0.4, -0.2) is 7.05 Å². The molecule has 0 amide bonds. The van der Waals surface area contributed by atoms with Gasteiger partial charge in [-0.25, -0.2) is 0 Å². The molecule has 0 aliphatic heterocycles. The highest BCUT2D eigenvalue weighted by atomic mass is 14.9. The molecule has 1 unspecified atom stereocenters. The van der Waals surface area contributed by atoms with Gasteiger partial charge in [0.05, 0.1) is 0 Å². The van der Waals surface area contributed by atoms with Crippen molar-refractivity contribution in [3.63, 3.8) is 0 Å². The second kappa shape index (κ2) is 5.57. The molecule has 2 aromatic rings. The number of hydrogen-bond donors (Lipinski definition) is 1. The molecule has 1 fully saturated rings. The maximum Gasteiger partial charge on any atom is 0.0380 e. The van der Waals surface area contributed by atoms with Gasteiger partial charge in [0.1, 0.15) is 0 Å². The Kier molecular flexibility index (Phi) is 3.80. The van der Waals surface area contributed by atoms with Gasteiger partial charge in [-0.15, -0.1) is 0 Å². The average Bonchev–Trinajstić information content (AvgIpc) is 2.98. The fourth-order valence-corrected chi connectivity index (χ4v) is 4.22. The van der Waals surface area contributed by atoms with Gasteiger partial charge in [-0.2, -0.15) is 0 Å². The van der Waals surface area contributed by atoms with Gasteiger partial charge in [0.2, 0.25) is 0 Å². The molecule has 1 nitrogen and oxygen atoms in total. The van der Waals surface area contributed by atoms with Crippen LogP contribution in [0.2, 0.25) is 0 Å². The minimum Gasteiger partial charge on any atom is -0.313 e. The zero-order valence-electron chi connectivity index (χ0n) is 12.7. The van der Waals surface area contributed by atoms with E-state index >= 15 is 0 Å². The smallest absolute Gasteiger partial charge is 0.0380 e. The first-order valence-electron chi connectivity index (χ1n) is 7.96. The molecule has 1 N–H and O–H groups in total. The van der Waals surface area contributed by atoms with Crippen molar-refractivity contribution in [1.29, 1.82) is 0 Å². The number of rotatable bonds is 4. The minimum atomic E-state index is 0.443. The molecule has 2 aromatic carbocycles. The lowest BCUT2D eigenvalue weighted by molar-refractivity contribution is 0.196. The van der Waals surface area contributed by atoms with E-state index in [0.29, 0.717) is 11.5 Å². The van der Waals surface area contributed by atoms with E-state index in [0.717, 1.165) is 0 Å². The zero-order valence-corrected chi connectivity index (χ0v) is 12.7. The van der Waals surface area contributed by atoms with E-state index < -0.39 is 0 Å². The first-order valence-corrected chi connectivity index (χ1v) is 7.96. The van der Waals surface area contributed by atoms with E-state index in [1.165, 1.54) is 48.4 Å². The topological polar surface area (TPSA) is 12.0 Å². The number of fused-ring (bicyclic) bond motifs is 1. The Morgan fingerprint density at radius 3 is 2.45 bits per heavy atom. The normalized spacial score (nSPS) is 19.3. The van der Waals surface area contributed by atoms with Crippen LogP contribution in [0.15, 0.2) is 42.5 Å². The van der Waals surface area contributed by atoms with Crippen LogP contribution < -0.4 is 5.32 Å². The summed E-state index contributed by atoms with van der Waals surface area (Å²) >= 11 is 0. The maximum absolute atomic E-state index is 3.64. The largest absolute Gasteiger partial charge is 0.313 e. The molecule has 3 rings (SSSR count). The van der Waals surface area contributed by atoms with Crippen molar-refractivity contribution in [2.24, 2.45) is 5.41 Å². The van der Waals surface area contributed by atoms with Crippen LogP contribution >= 0.6 is 0 Å². The van der Waals surface area contributed by atoms with Gasteiger partial charge in [-0.05, 0) is 48.1 Å². The lowest BCUT2D eigenvalue weighted by Gasteiger charge is -2.38. The quantitative estimate of drug-likeness (QED) is 0.815. The van der Waals surface area contributed by atoms with Crippen LogP contribution in [-0.2, 0) is 0 Å². The van der Waals surface area contributed by atoms with E-state index in [1.807, 2.05) is 0 Å². The first kappa shape index (κ1) is 13.6. The summed E-state index contributed by atoms with van der Waals surface area (Å²) in [6.45, 7) is 2.36. The van der Waals surface area contributed by atoms with Crippen molar-refractivity contribution >= 4 is 10.8 Å². The van der Waals surface area contributed by atoms with Crippen molar-refractivity contribution in [3.8, 4) is 0 Å². The molecule has 1 aliphatic carbocycles. The molecule has 106 valence electrons. The Bertz CT molecular complexity index is 576. The van der Waals surface area contributed by atoms with Crippen molar-refractivity contribution < 1.29 is 0 Å². The van der Waals surface area contributed by atoms with Gasteiger partial charge < -0.3 is 5.32 Å². The van der Waals surface area contributed by atoms with E-state index in [1.54, 1.807) is 0 Å². The van der Waals surface area contributed by atoms with Crippen LogP contribution in [0, 0.1) is 5.41 Å². The highest BCUT2D eigenvalue weighted by Gasteiger charge is 2.40. The molecule has 1 aliphatic rings. The van der Waals surface area contributed by atoms with Crippen LogP contribution in [0.5, 0.6) is 0 Å². The maximum atomic E-state index is 3.64. The lowest BCUT2D eigenvalue weighted by Crippen LogP contribution is -2.34. The SMILES string of the molecule is CCC1(C(NC)c2cccc3ccccc23)CCCC1. The van der Waals surface area contributed by atoms with Crippen LogP contribution in [0.3, 0.4) is 0 Å². The summed E-state index contributed by atoms with van der Waals surface area (Å²) in [5, 5.41) is 6.41. The first-order chi connectivity index (χ1) is 9.80. The zero-order chi connectivity index (χ0) is 14.0. The van der Waals surface area contributed by atoms with E-state index in [4.69, 9.17) is 0 Å². The van der Waals surface area contributed by atoms with Gasteiger partial charge in [-0.3, -0.25) is 0 Å². The van der Waals surface area contributed by atoms with Gasteiger partial charge in [0.25, 0.3) is 0 Å². The second-order valence-corrected chi connectivity index (χ2v) is 6.21. The number of hydrogen-bond acceptors (Lipinski definition) is 1. The predicted molar refractivity (Wildman–Crippen MR) is 86.9 cm³/mol. The summed E-state index contributed by atoms with van der Waals surface area (Å²) < 4.78 is 0. The summed E-state index contributed by atoms with van der Waals surface area (Å²) in [4.78, 5) is 0. The van der Waals surface area contributed by atoms with Gasteiger partial charge >= 0.3 is 0 Å². The molecular weight excluding hydrogens is 242 g/mol. The van der Waals surface area contributed by atoms with E-state index in [-0.39, 0.29) is 0 Å². The predicted octanol–water partition coefficient (Wildman–Crippen LogP) is 5.07. The summed E-state index contributed by atoms with van der Waals surface area (Å²) in [5.41, 5.74) is 1.92. The summed E-state index contributed by atoms with van der Waals surface area (Å²) in [6.07, 6.45) is 6.76. The van der Waals surface area contributed by atoms with E-state index in [9.17, 15) is 0 Å². The third-order valence-corrected chi connectivity index (χ3v) is 5.34. The van der Waals surface area contributed by atoms with Crippen LogP contribution in [0.4, 0.5) is 0 Å². The third-order valence-electron chi connectivity index (χ3n) is 5.34. The second-order valence-electron chi connectivity index (χ2n) is 6.21. The summed E-state index contributed by atoms with van der Waals surface area (Å²) in [7, 11) is 2.13. The molecule has 1 saturated carbocycles. The Labute approximate surface area is 122 Å². The molecule has 0 saturated heterocycles. The molecule has 0 aromatic heterocycles. The molecule has 0 radical (unpaired) electrons. The van der Waals surface area contributed by atoms with Gasteiger partial charge in [0.15, 0.2) is 0 Å². The van der Waals surface area contributed by atoms with Crippen LogP contribution in [0.1, 0.15) is 50.6 Å². The van der Waals surface area contributed by atoms with Gasteiger partial charge in [-0.1, -0.05) is 62.2 Å². The van der Waals surface area contributed by atoms with Crippen LogP contribution in [0.25, 0.3) is 10.8 Å². The fraction of sp³-hybridized carbons (Fsp3) is 0.474. The lowest BCUT2D eigenvalue weighted by atomic mass is 9.72. The fourth-order valence-electron chi connectivity index (χ4n) is 4.22. The molecule has 0 spiro atoms. The molecule has 20 heavy (non-hydrogen) atoms. The van der Waals surface area contributed by atoms with Crippen molar-refractivity contribution in [3.05, 3.63) is 48.0 Å². The van der Waals surface area contributed by atoms with Gasteiger partial charge in [0, 0.05) is 6.04 Å².